The van der Waals surface area contributed by atoms with Crippen LogP contribution in [0.3, 0.4) is 0 Å². The number of nitrogens with zero attached hydrogens (tertiary/aromatic N) is 1. The summed E-state index contributed by atoms with van der Waals surface area (Å²) in [5.41, 5.74) is 4.03. The highest BCUT2D eigenvalue weighted by Crippen LogP contribution is 2.55. The summed E-state index contributed by atoms with van der Waals surface area (Å²) in [5, 5.41) is 0. The molecule has 0 bridgehead atoms. The summed E-state index contributed by atoms with van der Waals surface area (Å²) in [7, 11) is 0. The van der Waals surface area contributed by atoms with Crippen molar-refractivity contribution in [2.75, 3.05) is 12.0 Å². The Morgan fingerprint density at radius 2 is 2.00 bits per heavy atom. The van der Waals surface area contributed by atoms with Crippen LogP contribution < -0.4 is 5.43 Å². The van der Waals surface area contributed by atoms with Gasteiger partial charge in [-0.05, 0) is 38.3 Å². The van der Waals surface area contributed by atoms with Gasteiger partial charge in [0, 0.05) is 24.4 Å². The fourth-order valence-electron chi connectivity index (χ4n) is 3.67. The molecule has 1 N–H and O–H groups in total. The summed E-state index contributed by atoms with van der Waals surface area (Å²) in [6, 6.07) is 4.72. The van der Waals surface area contributed by atoms with E-state index in [9.17, 15) is 0 Å². The van der Waals surface area contributed by atoms with Crippen molar-refractivity contribution in [3.8, 4) is 0 Å². The molecule has 2 unspecified atom stereocenters. The van der Waals surface area contributed by atoms with Crippen LogP contribution in [0.15, 0.2) is 24.5 Å². The Hall–Kier alpha value is -0.960. The SMILES string of the molecule is CCOC1CC(Nn2cccc2)C12CCCC2. The Morgan fingerprint density at radius 3 is 2.65 bits per heavy atom. The van der Waals surface area contributed by atoms with E-state index in [0.29, 0.717) is 17.6 Å². The van der Waals surface area contributed by atoms with Gasteiger partial charge in [0.25, 0.3) is 0 Å². The van der Waals surface area contributed by atoms with Crippen LogP contribution in [0.5, 0.6) is 0 Å². The molecular weight excluding hydrogens is 212 g/mol. The minimum absolute atomic E-state index is 0.417. The quantitative estimate of drug-likeness (QED) is 0.867. The molecule has 2 aliphatic carbocycles. The maximum Gasteiger partial charge on any atom is 0.0671 e. The van der Waals surface area contributed by atoms with E-state index in [2.05, 4.69) is 41.6 Å². The Bertz CT molecular complexity index is 354. The summed E-state index contributed by atoms with van der Waals surface area (Å²) in [4.78, 5) is 0. The molecule has 1 aromatic rings. The Kier molecular flexibility index (Phi) is 2.87. The Morgan fingerprint density at radius 1 is 1.29 bits per heavy atom. The van der Waals surface area contributed by atoms with Crippen molar-refractivity contribution in [3.63, 3.8) is 0 Å². The molecule has 1 heterocycles. The van der Waals surface area contributed by atoms with Gasteiger partial charge in [0.2, 0.25) is 0 Å². The summed E-state index contributed by atoms with van der Waals surface area (Å²) in [6.07, 6.45) is 11.2. The molecule has 0 saturated heterocycles. The molecule has 0 aliphatic heterocycles. The molecule has 2 aliphatic rings. The molecule has 1 aromatic heterocycles. The fraction of sp³-hybridized carbons (Fsp3) is 0.714. The summed E-state index contributed by atoms with van der Waals surface area (Å²) in [6.45, 7) is 2.96. The lowest BCUT2D eigenvalue weighted by atomic mass is 9.61. The fourth-order valence-corrected chi connectivity index (χ4v) is 3.67. The molecular formula is C14H22N2O. The first-order valence-corrected chi connectivity index (χ1v) is 6.86. The first-order chi connectivity index (χ1) is 8.35. The van der Waals surface area contributed by atoms with Crippen LogP contribution in [-0.2, 0) is 4.74 Å². The largest absolute Gasteiger partial charge is 0.378 e. The second kappa shape index (κ2) is 4.37. The molecule has 2 atom stereocenters. The highest BCUT2D eigenvalue weighted by molar-refractivity contribution is 5.15. The zero-order valence-electron chi connectivity index (χ0n) is 10.6. The van der Waals surface area contributed by atoms with E-state index in [4.69, 9.17) is 4.74 Å². The minimum Gasteiger partial charge on any atom is -0.378 e. The smallest absolute Gasteiger partial charge is 0.0671 e. The molecule has 3 nitrogen and oxygen atoms in total. The zero-order chi connectivity index (χ0) is 11.7. The van der Waals surface area contributed by atoms with Crippen molar-refractivity contribution in [1.82, 2.24) is 4.68 Å². The molecule has 3 heteroatoms. The first kappa shape index (κ1) is 11.1. The number of rotatable bonds is 4. The summed E-state index contributed by atoms with van der Waals surface area (Å²) < 4.78 is 8.01. The van der Waals surface area contributed by atoms with Gasteiger partial charge in [-0.2, -0.15) is 0 Å². The average molecular weight is 234 g/mol. The van der Waals surface area contributed by atoms with Crippen molar-refractivity contribution in [3.05, 3.63) is 24.5 Å². The third kappa shape index (κ3) is 1.77. The van der Waals surface area contributed by atoms with Gasteiger partial charge < -0.3 is 10.2 Å². The van der Waals surface area contributed by atoms with Gasteiger partial charge in [-0.3, -0.25) is 4.68 Å². The molecule has 3 rings (SSSR count). The lowest BCUT2D eigenvalue weighted by Gasteiger charge is -2.54. The van der Waals surface area contributed by atoms with Gasteiger partial charge in [-0.15, -0.1) is 0 Å². The van der Waals surface area contributed by atoms with E-state index >= 15 is 0 Å². The third-order valence-corrected chi connectivity index (χ3v) is 4.60. The third-order valence-electron chi connectivity index (χ3n) is 4.60. The monoisotopic (exact) mass is 234 g/mol. The van der Waals surface area contributed by atoms with Crippen molar-refractivity contribution in [2.24, 2.45) is 5.41 Å². The van der Waals surface area contributed by atoms with Gasteiger partial charge >= 0.3 is 0 Å². The molecule has 0 amide bonds. The van der Waals surface area contributed by atoms with Gasteiger partial charge in [0.15, 0.2) is 0 Å². The zero-order valence-corrected chi connectivity index (χ0v) is 10.6. The van der Waals surface area contributed by atoms with Crippen molar-refractivity contribution in [1.29, 1.82) is 0 Å². The van der Waals surface area contributed by atoms with Crippen LogP contribution in [0.4, 0.5) is 0 Å². The molecule has 94 valence electrons. The number of ether oxygens (including phenoxy) is 1. The summed E-state index contributed by atoms with van der Waals surface area (Å²) >= 11 is 0. The maximum absolute atomic E-state index is 5.92. The molecule has 0 radical (unpaired) electrons. The van der Waals surface area contributed by atoms with Gasteiger partial charge in [0.1, 0.15) is 0 Å². The first-order valence-electron chi connectivity index (χ1n) is 6.86. The standard InChI is InChI=1S/C14H22N2O/c1-2-17-13-11-12(14(13)7-3-4-8-14)15-16-9-5-6-10-16/h5-6,9-10,12-13,15H,2-4,7-8,11H2,1H3. The van der Waals surface area contributed by atoms with E-state index in [1.54, 1.807) is 0 Å². The number of aromatic nitrogens is 1. The molecule has 2 saturated carbocycles. The highest BCUT2D eigenvalue weighted by Gasteiger charge is 2.56. The van der Waals surface area contributed by atoms with Crippen LogP contribution in [0.25, 0.3) is 0 Å². The van der Waals surface area contributed by atoms with E-state index in [1.165, 1.54) is 25.7 Å². The lowest BCUT2D eigenvalue weighted by molar-refractivity contribution is -0.117. The Balaban J connectivity index is 1.69. The van der Waals surface area contributed by atoms with E-state index in [-0.39, 0.29) is 0 Å². The minimum atomic E-state index is 0.417. The lowest BCUT2D eigenvalue weighted by Crippen LogP contribution is -2.61. The van der Waals surface area contributed by atoms with Crippen LogP contribution in [-0.4, -0.2) is 23.4 Å². The molecule has 1 spiro atoms. The topological polar surface area (TPSA) is 26.2 Å². The van der Waals surface area contributed by atoms with Gasteiger partial charge in [0.05, 0.1) is 12.1 Å². The highest BCUT2D eigenvalue weighted by atomic mass is 16.5. The van der Waals surface area contributed by atoms with Crippen LogP contribution >= 0.6 is 0 Å². The van der Waals surface area contributed by atoms with Crippen LogP contribution in [0, 0.1) is 5.41 Å². The number of nitrogens with one attached hydrogen (secondary N) is 1. The van der Waals surface area contributed by atoms with E-state index < -0.39 is 0 Å². The van der Waals surface area contributed by atoms with Crippen molar-refractivity contribution in [2.45, 2.75) is 51.2 Å². The summed E-state index contributed by atoms with van der Waals surface area (Å²) in [5.74, 6) is 0. The van der Waals surface area contributed by atoms with Gasteiger partial charge in [-0.1, -0.05) is 12.8 Å². The van der Waals surface area contributed by atoms with E-state index in [0.717, 1.165) is 13.0 Å². The predicted molar refractivity (Wildman–Crippen MR) is 68.5 cm³/mol. The van der Waals surface area contributed by atoms with Crippen LogP contribution in [0.2, 0.25) is 0 Å². The van der Waals surface area contributed by atoms with Crippen molar-refractivity contribution >= 4 is 0 Å². The second-order valence-electron chi connectivity index (χ2n) is 5.39. The number of hydrogen-bond acceptors (Lipinski definition) is 2. The Labute approximate surface area is 103 Å². The molecule has 2 fully saturated rings. The van der Waals surface area contributed by atoms with Gasteiger partial charge in [-0.25, -0.2) is 0 Å². The second-order valence-corrected chi connectivity index (χ2v) is 5.39. The van der Waals surface area contributed by atoms with Crippen LogP contribution in [0.1, 0.15) is 39.0 Å². The molecule has 17 heavy (non-hydrogen) atoms. The molecule has 0 aromatic carbocycles. The maximum atomic E-state index is 5.92. The van der Waals surface area contributed by atoms with Crippen molar-refractivity contribution < 1.29 is 4.74 Å². The van der Waals surface area contributed by atoms with E-state index in [1.807, 2.05) is 0 Å². The predicted octanol–water partition coefficient (Wildman–Crippen LogP) is 2.77. The average Bonchev–Trinajstić information content (AvgIpc) is 3.00. The number of hydrogen-bond donors (Lipinski definition) is 1. The normalized spacial score (nSPS) is 30.4.